The summed E-state index contributed by atoms with van der Waals surface area (Å²) < 4.78 is 7.55. The molecule has 1 unspecified atom stereocenters. The number of hydrogen-bond donors (Lipinski definition) is 1. The molecule has 21 heavy (non-hydrogen) atoms. The van der Waals surface area contributed by atoms with E-state index in [1.807, 2.05) is 36.0 Å². The highest BCUT2D eigenvalue weighted by atomic mass is 16.3. The normalized spacial score (nSPS) is 12.3. The number of aromatic nitrogens is 2. The Morgan fingerprint density at radius 2 is 2.00 bits per heavy atom. The molecule has 0 radical (unpaired) electrons. The van der Waals surface area contributed by atoms with Crippen LogP contribution in [0.2, 0.25) is 0 Å². The van der Waals surface area contributed by atoms with E-state index in [9.17, 15) is 0 Å². The van der Waals surface area contributed by atoms with Gasteiger partial charge in [-0.15, -0.1) is 0 Å². The molecule has 2 aromatic heterocycles. The van der Waals surface area contributed by atoms with Crippen molar-refractivity contribution >= 4 is 5.69 Å². The molecule has 0 saturated heterocycles. The van der Waals surface area contributed by atoms with Crippen molar-refractivity contribution in [1.29, 1.82) is 0 Å². The Bertz CT molecular complexity index is 683. The number of furan rings is 1. The first-order valence-electron chi connectivity index (χ1n) is 7.10. The molecule has 0 amide bonds. The molecule has 1 aromatic carbocycles. The Hall–Kier alpha value is -2.49. The van der Waals surface area contributed by atoms with Crippen molar-refractivity contribution in [2.75, 3.05) is 5.32 Å². The number of rotatable bonds is 5. The van der Waals surface area contributed by atoms with E-state index in [2.05, 4.69) is 41.6 Å². The second-order valence-electron chi connectivity index (χ2n) is 5.22. The number of benzene rings is 1. The second-order valence-corrected chi connectivity index (χ2v) is 5.22. The highest BCUT2D eigenvalue weighted by molar-refractivity contribution is 5.46. The van der Waals surface area contributed by atoms with Gasteiger partial charge < -0.3 is 9.73 Å². The SMILES string of the molecule is Cc1ccc(C(C)Nc2ccc(Cn3cccn3)cc2)o1. The summed E-state index contributed by atoms with van der Waals surface area (Å²) in [5.41, 5.74) is 2.31. The van der Waals surface area contributed by atoms with Crippen LogP contribution in [0, 0.1) is 6.92 Å². The second kappa shape index (κ2) is 5.87. The molecular weight excluding hydrogens is 262 g/mol. The maximum absolute atomic E-state index is 5.64. The molecule has 3 aromatic rings. The third-order valence-electron chi connectivity index (χ3n) is 3.43. The molecule has 0 spiro atoms. The Balaban J connectivity index is 1.64. The van der Waals surface area contributed by atoms with Crippen molar-refractivity contribution in [3.05, 3.63) is 71.9 Å². The fourth-order valence-electron chi connectivity index (χ4n) is 2.29. The summed E-state index contributed by atoms with van der Waals surface area (Å²) in [5.74, 6) is 1.89. The molecule has 108 valence electrons. The van der Waals surface area contributed by atoms with Crippen LogP contribution in [0.1, 0.15) is 30.0 Å². The lowest BCUT2D eigenvalue weighted by molar-refractivity contribution is 0.467. The molecule has 0 aliphatic rings. The van der Waals surface area contributed by atoms with Gasteiger partial charge >= 0.3 is 0 Å². The first-order chi connectivity index (χ1) is 10.2. The summed E-state index contributed by atoms with van der Waals surface area (Å²) in [6, 6.07) is 14.5. The zero-order chi connectivity index (χ0) is 14.7. The van der Waals surface area contributed by atoms with Crippen LogP contribution in [0.3, 0.4) is 0 Å². The van der Waals surface area contributed by atoms with Crippen molar-refractivity contribution in [3.8, 4) is 0 Å². The maximum atomic E-state index is 5.64. The highest BCUT2D eigenvalue weighted by Gasteiger charge is 2.09. The molecule has 1 atom stereocenters. The molecule has 3 rings (SSSR count). The van der Waals surface area contributed by atoms with Gasteiger partial charge in [0.15, 0.2) is 0 Å². The molecular formula is C17H19N3O. The van der Waals surface area contributed by atoms with Gasteiger partial charge in [-0.2, -0.15) is 5.10 Å². The van der Waals surface area contributed by atoms with Crippen LogP contribution < -0.4 is 5.32 Å². The minimum atomic E-state index is 0.149. The van der Waals surface area contributed by atoms with Gasteiger partial charge in [-0.25, -0.2) is 0 Å². The van der Waals surface area contributed by atoms with Crippen LogP contribution in [-0.4, -0.2) is 9.78 Å². The third-order valence-corrected chi connectivity index (χ3v) is 3.43. The van der Waals surface area contributed by atoms with Gasteiger partial charge in [-0.3, -0.25) is 4.68 Å². The Kier molecular flexibility index (Phi) is 3.77. The van der Waals surface area contributed by atoms with E-state index in [0.29, 0.717) is 0 Å². The Labute approximate surface area is 124 Å². The fourth-order valence-corrected chi connectivity index (χ4v) is 2.29. The third kappa shape index (κ3) is 3.34. The molecule has 0 saturated carbocycles. The van der Waals surface area contributed by atoms with Crippen LogP contribution in [0.4, 0.5) is 5.69 Å². The van der Waals surface area contributed by atoms with E-state index in [1.54, 1.807) is 6.20 Å². The molecule has 2 heterocycles. The van der Waals surface area contributed by atoms with E-state index in [4.69, 9.17) is 4.42 Å². The molecule has 1 N–H and O–H groups in total. The largest absolute Gasteiger partial charge is 0.464 e. The van der Waals surface area contributed by atoms with Gasteiger partial charge in [0.2, 0.25) is 0 Å². The molecule has 4 heteroatoms. The Morgan fingerprint density at radius 1 is 1.19 bits per heavy atom. The van der Waals surface area contributed by atoms with Crippen LogP contribution in [-0.2, 0) is 6.54 Å². The van der Waals surface area contributed by atoms with Crippen LogP contribution >= 0.6 is 0 Å². The summed E-state index contributed by atoms with van der Waals surface area (Å²) in [6.07, 6.45) is 3.76. The zero-order valence-corrected chi connectivity index (χ0v) is 12.3. The first-order valence-corrected chi connectivity index (χ1v) is 7.10. The van der Waals surface area contributed by atoms with Gasteiger partial charge in [-0.1, -0.05) is 12.1 Å². The van der Waals surface area contributed by atoms with E-state index in [-0.39, 0.29) is 6.04 Å². The lowest BCUT2D eigenvalue weighted by atomic mass is 10.2. The number of anilines is 1. The van der Waals surface area contributed by atoms with Gasteiger partial charge in [0.05, 0.1) is 12.6 Å². The molecule has 0 aliphatic heterocycles. The summed E-state index contributed by atoms with van der Waals surface area (Å²) in [5, 5.41) is 7.65. The molecule has 4 nitrogen and oxygen atoms in total. The number of nitrogens with one attached hydrogen (secondary N) is 1. The summed E-state index contributed by atoms with van der Waals surface area (Å²) in [6.45, 7) is 4.84. The lowest BCUT2D eigenvalue weighted by Crippen LogP contribution is -2.06. The van der Waals surface area contributed by atoms with E-state index < -0.39 is 0 Å². The summed E-state index contributed by atoms with van der Waals surface area (Å²) in [4.78, 5) is 0. The maximum Gasteiger partial charge on any atom is 0.126 e. The lowest BCUT2D eigenvalue weighted by Gasteiger charge is -2.13. The van der Waals surface area contributed by atoms with Crippen LogP contribution in [0.5, 0.6) is 0 Å². The number of aryl methyl sites for hydroxylation is 1. The van der Waals surface area contributed by atoms with Gasteiger partial charge in [0, 0.05) is 18.1 Å². The van der Waals surface area contributed by atoms with E-state index >= 15 is 0 Å². The number of nitrogens with zero attached hydrogens (tertiary/aromatic N) is 2. The van der Waals surface area contributed by atoms with E-state index in [0.717, 1.165) is 23.8 Å². The van der Waals surface area contributed by atoms with Crippen molar-refractivity contribution in [2.45, 2.75) is 26.4 Å². The Morgan fingerprint density at radius 3 is 2.62 bits per heavy atom. The first kappa shape index (κ1) is 13.5. The van der Waals surface area contributed by atoms with Crippen LogP contribution in [0.15, 0.2) is 59.3 Å². The van der Waals surface area contributed by atoms with Gasteiger partial charge in [-0.05, 0) is 49.7 Å². The van der Waals surface area contributed by atoms with Crippen molar-refractivity contribution in [2.24, 2.45) is 0 Å². The van der Waals surface area contributed by atoms with E-state index in [1.165, 1.54) is 5.56 Å². The fraction of sp³-hybridized carbons (Fsp3) is 0.235. The quantitative estimate of drug-likeness (QED) is 0.768. The standard InChI is InChI=1S/C17H19N3O/c1-13-4-9-17(21-13)14(2)19-16-7-5-15(6-8-16)12-20-11-3-10-18-20/h3-11,14,19H,12H2,1-2H3. The predicted octanol–water partition coefficient (Wildman–Crippen LogP) is 4.01. The monoisotopic (exact) mass is 281 g/mol. The minimum Gasteiger partial charge on any atom is -0.464 e. The average molecular weight is 281 g/mol. The van der Waals surface area contributed by atoms with Crippen molar-refractivity contribution in [3.63, 3.8) is 0 Å². The topological polar surface area (TPSA) is 43.0 Å². The van der Waals surface area contributed by atoms with Gasteiger partial charge in [0.25, 0.3) is 0 Å². The molecule has 0 fully saturated rings. The summed E-state index contributed by atoms with van der Waals surface area (Å²) >= 11 is 0. The van der Waals surface area contributed by atoms with Crippen molar-refractivity contribution in [1.82, 2.24) is 9.78 Å². The van der Waals surface area contributed by atoms with Crippen LogP contribution in [0.25, 0.3) is 0 Å². The highest BCUT2D eigenvalue weighted by Crippen LogP contribution is 2.21. The van der Waals surface area contributed by atoms with Crippen molar-refractivity contribution < 1.29 is 4.42 Å². The molecule has 0 bridgehead atoms. The minimum absolute atomic E-state index is 0.149. The zero-order valence-electron chi connectivity index (χ0n) is 12.3. The predicted molar refractivity (Wildman–Crippen MR) is 83.3 cm³/mol. The molecule has 0 aliphatic carbocycles. The summed E-state index contributed by atoms with van der Waals surface area (Å²) in [7, 11) is 0. The smallest absolute Gasteiger partial charge is 0.126 e. The van der Waals surface area contributed by atoms with Gasteiger partial charge in [0.1, 0.15) is 11.5 Å². The average Bonchev–Trinajstić information content (AvgIpc) is 3.12. The number of hydrogen-bond acceptors (Lipinski definition) is 3.